The van der Waals surface area contributed by atoms with Gasteiger partial charge in [-0.1, -0.05) is 0 Å². The number of aliphatic hydroxyl groups is 3. The Labute approximate surface area is 95.9 Å². The molecule has 94 valence electrons. The highest BCUT2D eigenvalue weighted by Crippen LogP contribution is 2.32. The van der Waals surface area contributed by atoms with Crippen LogP contribution in [0.5, 0.6) is 0 Å². The molecule has 8 nitrogen and oxygen atoms in total. The molecule has 1 aliphatic rings. The van der Waals surface area contributed by atoms with Crippen molar-refractivity contribution in [1.82, 2.24) is 9.55 Å². The summed E-state index contributed by atoms with van der Waals surface area (Å²) in [6, 6.07) is 1.47. The molecule has 0 unspecified atom stereocenters. The van der Waals surface area contributed by atoms with Crippen LogP contribution >= 0.6 is 0 Å². The highest BCUT2D eigenvalue weighted by atomic mass is 16.6. The van der Waals surface area contributed by atoms with E-state index in [-0.39, 0.29) is 0 Å². The maximum Gasteiger partial charge on any atom is 0.349 e. The maximum atomic E-state index is 11.4. The number of aromatic nitrogens is 2. The summed E-state index contributed by atoms with van der Waals surface area (Å²) in [6.07, 6.45) is -1.46. The topological polar surface area (TPSA) is 131 Å². The van der Waals surface area contributed by atoms with Gasteiger partial charge >= 0.3 is 5.69 Å². The molecule has 0 bridgehead atoms. The van der Waals surface area contributed by atoms with Gasteiger partial charge < -0.3 is 20.1 Å². The molecule has 0 radical (unpaired) electrons. The number of nitrogens with two attached hydrogens (primary N) is 1. The van der Waals surface area contributed by atoms with E-state index in [1.807, 2.05) is 0 Å². The Kier molecular flexibility index (Phi) is 2.98. The van der Waals surface area contributed by atoms with E-state index in [4.69, 9.17) is 15.6 Å². The quantitative estimate of drug-likeness (QED) is 0.439. The van der Waals surface area contributed by atoms with E-state index in [0.29, 0.717) is 0 Å². The Balaban J connectivity index is 2.37. The van der Waals surface area contributed by atoms with Crippen molar-refractivity contribution in [1.29, 1.82) is 0 Å². The molecule has 0 amide bonds. The molecule has 0 aliphatic carbocycles. The summed E-state index contributed by atoms with van der Waals surface area (Å²) in [5, 5.41) is 28.4. The van der Waals surface area contributed by atoms with Crippen LogP contribution in [0.25, 0.3) is 0 Å². The summed E-state index contributed by atoms with van der Waals surface area (Å²) in [5.41, 5.74) is 3.11. The van der Waals surface area contributed by atoms with Gasteiger partial charge in [0.25, 0.3) is 0 Å². The third kappa shape index (κ3) is 1.85. The van der Waals surface area contributed by atoms with Crippen molar-refractivity contribution in [3.8, 4) is 0 Å². The molecule has 0 aromatic carbocycles. The van der Waals surface area contributed by atoms with Crippen LogP contribution in [0.4, 0.5) is 0 Å². The van der Waals surface area contributed by atoms with Crippen LogP contribution in [0.3, 0.4) is 0 Å². The molecule has 4 atom stereocenters. The number of aliphatic hydroxyl groups excluding tert-OH is 3. The lowest BCUT2D eigenvalue weighted by molar-refractivity contribution is -0.125. The first-order valence-corrected chi connectivity index (χ1v) is 4.96. The van der Waals surface area contributed by atoms with E-state index in [2.05, 4.69) is 4.98 Å². The zero-order chi connectivity index (χ0) is 12.6. The fraction of sp³-hybridized carbons (Fsp3) is 0.556. The number of nitrogens with zero attached hydrogens (tertiary/aromatic N) is 2. The second kappa shape index (κ2) is 4.17. The van der Waals surface area contributed by atoms with Crippen molar-refractivity contribution in [2.24, 2.45) is 5.73 Å². The zero-order valence-corrected chi connectivity index (χ0v) is 8.80. The van der Waals surface area contributed by atoms with Crippen molar-refractivity contribution in [2.45, 2.75) is 24.2 Å². The van der Waals surface area contributed by atoms with Crippen molar-refractivity contribution in [2.75, 3.05) is 6.61 Å². The summed E-state index contributed by atoms with van der Waals surface area (Å²) in [7, 11) is 0. The lowest BCUT2D eigenvalue weighted by Crippen LogP contribution is -2.54. The van der Waals surface area contributed by atoms with Crippen LogP contribution in [-0.2, 0) is 4.74 Å². The summed E-state index contributed by atoms with van der Waals surface area (Å²) in [5.74, 6) is 0. The molecule has 5 N–H and O–H groups in total. The van der Waals surface area contributed by atoms with Crippen LogP contribution in [0.1, 0.15) is 6.23 Å². The van der Waals surface area contributed by atoms with Crippen LogP contribution in [0, 0.1) is 0 Å². The van der Waals surface area contributed by atoms with E-state index in [0.717, 1.165) is 4.57 Å². The van der Waals surface area contributed by atoms with Gasteiger partial charge in [0.15, 0.2) is 12.0 Å². The summed E-state index contributed by atoms with van der Waals surface area (Å²) in [4.78, 5) is 14.9. The SMILES string of the molecule is N[C@]1(CO)O[C@@H](n2cccnc2=O)[C@@H](O)[C@@H]1O. The number of ether oxygens (including phenoxy) is 1. The third-order valence-corrected chi connectivity index (χ3v) is 2.72. The molecular weight excluding hydrogens is 230 g/mol. The molecule has 1 saturated heterocycles. The lowest BCUT2D eigenvalue weighted by Gasteiger charge is -2.24. The van der Waals surface area contributed by atoms with E-state index in [1.165, 1.54) is 18.5 Å². The highest BCUT2D eigenvalue weighted by Gasteiger charge is 2.52. The summed E-state index contributed by atoms with van der Waals surface area (Å²) < 4.78 is 6.14. The summed E-state index contributed by atoms with van der Waals surface area (Å²) >= 11 is 0. The van der Waals surface area contributed by atoms with Crippen molar-refractivity contribution in [3.63, 3.8) is 0 Å². The molecule has 1 aliphatic heterocycles. The number of hydrogen-bond acceptors (Lipinski definition) is 7. The molecule has 1 fully saturated rings. The van der Waals surface area contributed by atoms with Crippen molar-refractivity contribution < 1.29 is 20.1 Å². The first-order valence-electron chi connectivity index (χ1n) is 4.96. The lowest BCUT2D eigenvalue weighted by atomic mass is 10.1. The molecule has 0 saturated carbocycles. The molecule has 8 heteroatoms. The van der Waals surface area contributed by atoms with Crippen LogP contribution in [0.2, 0.25) is 0 Å². The fourth-order valence-electron chi connectivity index (χ4n) is 1.72. The monoisotopic (exact) mass is 243 g/mol. The first-order chi connectivity index (χ1) is 7.99. The van der Waals surface area contributed by atoms with Gasteiger partial charge in [0.2, 0.25) is 0 Å². The average molecular weight is 243 g/mol. The van der Waals surface area contributed by atoms with Crippen LogP contribution < -0.4 is 11.4 Å². The van der Waals surface area contributed by atoms with Crippen molar-refractivity contribution in [3.05, 3.63) is 28.9 Å². The smallest absolute Gasteiger partial charge is 0.349 e. The van der Waals surface area contributed by atoms with E-state index >= 15 is 0 Å². The maximum absolute atomic E-state index is 11.4. The molecule has 1 aromatic rings. The molecular formula is C9H13N3O5. The minimum atomic E-state index is -1.79. The van der Waals surface area contributed by atoms with Gasteiger partial charge in [-0.2, -0.15) is 0 Å². The van der Waals surface area contributed by atoms with E-state index < -0.39 is 36.5 Å². The van der Waals surface area contributed by atoms with Crippen LogP contribution in [0.15, 0.2) is 23.3 Å². The van der Waals surface area contributed by atoms with E-state index in [1.54, 1.807) is 0 Å². The third-order valence-electron chi connectivity index (χ3n) is 2.72. The summed E-state index contributed by atoms with van der Waals surface area (Å²) in [6.45, 7) is -0.684. The van der Waals surface area contributed by atoms with E-state index in [9.17, 15) is 15.0 Å². The first kappa shape index (κ1) is 12.1. The van der Waals surface area contributed by atoms with Gasteiger partial charge in [-0.05, 0) is 6.07 Å². The highest BCUT2D eigenvalue weighted by molar-refractivity contribution is 4.98. The molecule has 17 heavy (non-hydrogen) atoms. The fourth-order valence-corrected chi connectivity index (χ4v) is 1.72. The average Bonchev–Trinajstić information content (AvgIpc) is 2.56. The molecule has 2 rings (SSSR count). The van der Waals surface area contributed by atoms with Gasteiger partial charge in [-0.25, -0.2) is 9.78 Å². The van der Waals surface area contributed by atoms with Gasteiger partial charge in [0, 0.05) is 12.4 Å². The van der Waals surface area contributed by atoms with Gasteiger partial charge in [-0.15, -0.1) is 0 Å². The molecule has 1 aromatic heterocycles. The van der Waals surface area contributed by atoms with Gasteiger partial charge in [-0.3, -0.25) is 10.3 Å². The Bertz CT molecular complexity index is 464. The predicted molar refractivity (Wildman–Crippen MR) is 54.6 cm³/mol. The Morgan fingerprint density at radius 1 is 1.59 bits per heavy atom. The normalized spacial score (nSPS) is 37.3. The molecule has 0 spiro atoms. The van der Waals surface area contributed by atoms with Gasteiger partial charge in [0.1, 0.15) is 12.2 Å². The zero-order valence-electron chi connectivity index (χ0n) is 8.80. The van der Waals surface area contributed by atoms with Crippen LogP contribution in [-0.4, -0.2) is 49.4 Å². The molecule has 2 heterocycles. The Hall–Kier alpha value is -1.32. The number of hydrogen-bond donors (Lipinski definition) is 4. The minimum absolute atomic E-state index is 0.647. The second-order valence-corrected chi connectivity index (χ2v) is 3.87. The number of rotatable bonds is 2. The largest absolute Gasteiger partial charge is 0.392 e. The predicted octanol–water partition coefficient (Wildman–Crippen LogP) is -2.86. The minimum Gasteiger partial charge on any atom is -0.392 e. The van der Waals surface area contributed by atoms with Crippen molar-refractivity contribution >= 4 is 0 Å². The van der Waals surface area contributed by atoms with Gasteiger partial charge in [0.05, 0.1) is 6.61 Å². The Morgan fingerprint density at radius 3 is 2.82 bits per heavy atom. The Morgan fingerprint density at radius 2 is 2.29 bits per heavy atom. The second-order valence-electron chi connectivity index (χ2n) is 3.87. The standard InChI is InChI=1S/C9H13N3O5/c10-9(4-13)6(15)5(14)7(17-9)12-3-1-2-11-8(12)16/h1-3,5-7,13-15H,4,10H2/t5-,6-,7+,9+/m0/s1.